The van der Waals surface area contributed by atoms with Crippen LogP contribution in [0, 0.1) is 11.8 Å². The average molecular weight is 435 g/mol. The van der Waals surface area contributed by atoms with Gasteiger partial charge in [0.25, 0.3) is 0 Å². The van der Waals surface area contributed by atoms with E-state index in [9.17, 15) is 18.0 Å². The van der Waals surface area contributed by atoms with Crippen molar-refractivity contribution in [1.29, 1.82) is 0 Å². The summed E-state index contributed by atoms with van der Waals surface area (Å²) in [6, 6.07) is 0.933. The molecular formula is C18H22ClF3N4OS. The van der Waals surface area contributed by atoms with E-state index in [4.69, 9.17) is 11.6 Å². The number of fused-ring (bicyclic) bond motifs is 1. The first-order chi connectivity index (χ1) is 13.1. The van der Waals surface area contributed by atoms with Gasteiger partial charge >= 0.3 is 6.18 Å². The number of nitrogens with zero attached hydrogens (tertiary/aromatic N) is 3. The first kappa shape index (κ1) is 21.2. The lowest BCUT2D eigenvalue weighted by atomic mass is 9.78. The molecule has 0 spiro atoms. The third-order valence-corrected chi connectivity index (χ3v) is 6.78. The van der Waals surface area contributed by atoms with Gasteiger partial charge in [-0.3, -0.25) is 9.20 Å². The topological polar surface area (TPSA) is 59.3 Å². The van der Waals surface area contributed by atoms with Gasteiger partial charge < -0.3 is 5.32 Å². The molecule has 0 unspecified atom stereocenters. The summed E-state index contributed by atoms with van der Waals surface area (Å²) in [5.41, 5.74) is -0.770. The highest BCUT2D eigenvalue weighted by atomic mass is 35.5. The summed E-state index contributed by atoms with van der Waals surface area (Å²) in [5.74, 6) is 0.771. The summed E-state index contributed by atoms with van der Waals surface area (Å²) in [6.45, 7) is 6.03. The van der Waals surface area contributed by atoms with Crippen molar-refractivity contribution in [3.05, 3.63) is 22.8 Å². The van der Waals surface area contributed by atoms with Crippen molar-refractivity contribution in [3.8, 4) is 0 Å². The van der Waals surface area contributed by atoms with Gasteiger partial charge in [-0.25, -0.2) is 0 Å². The lowest BCUT2D eigenvalue weighted by molar-refractivity contribution is -0.137. The number of hydrogen-bond acceptors (Lipinski definition) is 4. The number of thioether (sulfide) groups is 1. The quantitative estimate of drug-likeness (QED) is 0.700. The Kier molecular flexibility index (Phi) is 6.14. The molecule has 3 rings (SSSR count). The molecule has 1 aliphatic carbocycles. The van der Waals surface area contributed by atoms with Crippen LogP contribution in [0.4, 0.5) is 13.2 Å². The second-order valence-electron chi connectivity index (χ2n) is 7.39. The van der Waals surface area contributed by atoms with Crippen LogP contribution in [0.15, 0.2) is 17.4 Å². The van der Waals surface area contributed by atoms with Crippen molar-refractivity contribution >= 4 is 34.9 Å². The standard InChI is InChI=1S/C18H22ClF3N4OS/c1-9-5-4-6-14(10(9)2)23-16(27)11(3)28-17-25-24-15-13(19)7-12(8-26(15)17)18(20,21)22/h7-11,14H,4-6H2,1-3H3,(H,23,27)/t9-,10+,11+,14+/m0/s1. The molecule has 1 amide bonds. The van der Waals surface area contributed by atoms with Crippen LogP contribution in [0.5, 0.6) is 0 Å². The van der Waals surface area contributed by atoms with Gasteiger partial charge in [-0.05, 0) is 31.2 Å². The van der Waals surface area contributed by atoms with E-state index in [0.29, 0.717) is 11.8 Å². The predicted molar refractivity (Wildman–Crippen MR) is 102 cm³/mol. The van der Waals surface area contributed by atoms with Crippen LogP contribution < -0.4 is 5.32 Å². The third kappa shape index (κ3) is 4.40. The minimum Gasteiger partial charge on any atom is -0.352 e. The number of pyridine rings is 1. The van der Waals surface area contributed by atoms with Gasteiger partial charge in [-0.15, -0.1) is 10.2 Å². The molecule has 2 aromatic rings. The molecule has 2 heterocycles. The summed E-state index contributed by atoms with van der Waals surface area (Å²) in [5, 5.41) is 10.4. The summed E-state index contributed by atoms with van der Waals surface area (Å²) >= 11 is 6.99. The van der Waals surface area contributed by atoms with Crippen molar-refractivity contribution < 1.29 is 18.0 Å². The highest BCUT2D eigenvalue weighted by molar-refractivity contribution is 8.00. The average Bonchev–Trinajstić information content (AvgIpc) is 3.01. The summed E-state index contributed by atoms with van der Waals surface area (Å²) in [6.07, 6.45) is -0.468. The third-order valence-electron chi connectivity index (χ3n) is 5.44. The Balaban J connectivity index is 1.76. The SMILES string of the molecule is C[C@@H]1[C@@H](C)CCC[C@H]1NC(=O)[C@@H](C)Sc1nnc2c(Cl)cc(C(F)(F)F)cn12. The van der Waals surface area contributed by atoms with E-state index in [1.54, 1.807) is 6.92 Å². The highest BCUT2D eigenvalue weighted by Gasteiger charge is 2.33. The number of hydrogen-bond donors (Lipinski definition) is 1. The fourth-order valence-electron chi connectivity index (χ4n) is 3.47. The zero-order valence-electron chi connectivity index (χ0n) is 15.8. The van der Waals surface area contributed by atoms with Crippen LogP contribution in [0.3, 0.4) is 0 Å². The second kappa shape index (κ2) is 8.10. The number of aromatic nitrogens is 3. The minimum atomic E-state index is -4.54. The van der Waals surface area contributed by atoms with Crippen molar-refractivity contribution in [1.82, 2.24) is 19.9 Å². The van der Waals surface area contributed by atoms with E-state index in [2.05, 4.69) is 29.4 Å². The molecule has 0 saturated heterocycles. The Bertz CT molecular complexity index is 872. The second-order valence-corrected chi connectivity index (χ2v) is 9.11. The van der Waals surface area contributed by atoms with E-state index < -0.39 is 17.0 Å². The van der Waals surface area contributed by atoms with Gasteiger partial charge in [0.1, 0.15) is 0 Å². The molecule has 0 aromatic carbocycles. The molecule has 1 aliphatic rings. The molecule has 28 heavy (non-hydrogen) atoms. The first-order valence-corrected chi connectivity index (χ1v) is 10.4. The van der Waals surface area contributed by atoms with E-state index in [1.807, 2.05) is 0 Å². The molecule has 1 N–H and O–H groups in total. The first-order valence-electron chi connectivity index (χ1n) is 9.16. The smallest absolute Gasteiger partial charge is 0.352 e. The van der Waals surface area contributed by atoms with Crippen LogP contribution >= 0.6 is 23.4 Å². The molecule has 0 aliphatic heterocycles. The van der Waals surface area contributed by atoms with Gasteiger partial charge in [0, 0.05) is 12.2 Å². The molecule has 5 nitrogen and oxygen atoms in total. The lowest BCUT2D eigenvalue weighted by Crippen LogP contribution is -2.46. The predicted octanol–water partition coefficient (Wildman–Crippen LogP) is 4.82. The Labute approximate surface area is 170 Å². The molecule has 4 atom stereocenters. The zero-order chi connectivity index (χ0) is 20.6. The maximum atomic E-state index is 13.1. The van der Waals surface area contributed by atoms with Crippen LogP contribution in [-0.4, -0.2) is 31.8 Å². The molecule has 1 saturated carbocycles. The maximum Gasteiger partial charge on any atom is 0.417 e. The molecule has 154 valence electrons. The number of alkyl halides is 3. The van der Waals surface area contributed by atoms with Crippen molar-refractivity contribution in [3.63, 3.8) is 0 Å². The molecule has 0 radical (unpaired) electrons. The molecule has 2 aromatic heterocycles. The fraction of sp³-hybridized carbons (Fsp3) is 0.611. The van der Waals surface area contributed by atoms with E-state index in [1.165, 1.54) is 4.40 Å². The molecule has 1 fully saturated rings. The number of halogens is 4. The Hall–Kier alpha value is -1.48. The van der Waals surface area contributed by atoms with Crippen LogP contribution in [0.2, 0.25) is 5.02 Å². The van der Waals surface area contributed by atoms with E-state index in [0.717, 1.165) is 43.3 Å². The van der Waals surface area contributed by atoms with Crippen LogP contribution in [0.25, 0.3) is 5.65 Å². The number of carbonyl (C=O) groups excluding carboxylic acids is 1. The molecule has 10 heteroatoms. The van der Waals surface area contributed by atoms with E-state index >= 15 is 0 Å². The van der Waals surface area contributed by atoms with Crippen LogP contribution in [-0.2, 0) is 11.0 Å². The number of carbonyl (C=O) groups is 1. The fourth-order valence-corrected chi connectivity index (χ4v) is 4.54. The zero-order valence-corrected chi connectivity index (χ0v) is 17.3. The van der Waals surface area contributed by atoms with Gasteiger partial charge in [0.05, 0.1) is 15.8 Å². The summed E-state index contributed by atoms with van der Waals surface area (Å²) < 4.78 is 40.4. The van der Waals surface area contributed by atoms with Gasteiger partial charge in [-0.2, -0.15) is 13.2 Å². The van der Waals surface area contributed by atoms with Gasteiger partial charge in [0.15, 0.2) is 10.8 Å². The highest BCUT2D eigenvalue weighted by Crippen LogP contribution is 2.34. The number of nitrogens with one attached hydrogen (secondary N) is 1. The van der Waals surface area contributed by atoms with Crippen molar-refractivity contribution in [2.75, 3.05) is 0 Å². The van der Waals surface area contributed by atoms with Crippen LogP contribution in [0.1, 0.15) is 45.6 Å². The van der Waals surface area contributed by atoms with Gasteiger partial charge in [-0.1, -0.05) is 50.1 Å². The van der Waals surface area contributed by atoms with Crippen molar-refractivity contribution in [2.45, 2.75) is 62.7 Å². The van der Waals surface area contributed by atoms with E-state index in [-0.39, 0.29) is 27.8 Å². The maximum absolute atomic E-state index is 13.1. The normalized spacial score (nSPS) is 24.3. The number of amides is 1. The Morgan fingerprint density at radius 2 is 2.07 bits per heavy atom. The number of rotatable bonds is 4. The monoisotopic (exact) mass is 434 g/mol. The lowest BCUT2D eigenvalue weighted by Gasteiger charge is -2.35. The minimum absolute atomic E-state index is 0.112. The molecule has 0 bridgehead atoms. The van der Waals surface area contributed by atoms with Crippen molar-refractivity contribution in [2.24, 2.45) is 11.8 Å². The largest absolute Gasteiger partial charge is 0.417 e. The van der Waals surface area contributed by atoms with Gasteiger partial charge in [0.2, 0.25) is 5.91 Å². The molecular weight excluding hydrogens is 413 g/mol. The Morgan fingerprint density at radius 3 is 2.75 bits per heavy atom. The summed E-state index contributed by atoms with van der Waals surface area (Å²) in [4.78, 5) is 12.6. The Morgan fingerprint density at radius 1 is 1.36 bits per heavy atom. The summed E-state index contributed by atoms with van der Waals surface area (Å²) in [7, 11) is 0.